The van der Waals surface area contributed by atoms with Crippen LogP contribution in [0.25, 0.3) is 0 Å². The van der Waals surface area contributed by atoms with E-state index in [-0.39, 0.29) is 12.0 Å². The summed E-state index contributed by atoms with van der Waals surface area (Å²) in [4.78, 5) is 19.7. The normalized spacial score (nSPS) is 22.0. The highest BCUT2D eigenvalue weighted by molar-refractivity contribution is 5.63. The molecular weight excluding hydrogens is 106 g/mol. The van der Waals surface area contributed by atoms with Crippen LogP contribution in [0.5, 0.6) is 0 Å². The summed E-state index contributed by atoms with van der Waals surface area (Å²) in [6.45, 7) is 0.177. The van der Waals surface area contributed by atoms with Gasteiger partial charge in [0.1, 0.15) is 6.29 Å². The average Bonchev–Trinajstić information content (AvgIpc) is 2.50. The third-order valence-corrected chi connectivity index (χ3v) is 1.52. The van der Waals surface area contributed by atoms with Gasteiger partial charge in [0.15, 0.2) is 0 Å². The van der Waals surface area contributed by atoms with Gasteiger partial charge in [-0.15, -0.1) is 0 Å². The van der Waals surface area contributed by atoms with E-state index in [1.54, 1.807) is 0 Å². The van der Waals surface area contributed by atoms with E-state index in [2.05, 4.69) is 5.18 Å². The molecule has 0 amide bonds. The number of nitroso groups, excluding NO2 is 1. The smallest absolute Gasteiger partial charge is 0.128 e. The fourth-order valence-electron chi connectivity index (χ4n) is 0.602. The summed E-state index contributed by atoms with van der Waals surface area (Å²) in [7, 11) is 0. The average molecular weight is 113 g/mol. The van der Waals surface area contributed by atoms with Gasteiger partial charge in [0.25, 0.3) is 0 Å². The number of carbonyl (C=O) groups is 1. The maximum atomic E-state index is 10.1. The van der Waals surface area contributed by atoms with E-state index in [0.717, 1.165) is 19.1 Å². The number of nitrogens with zero attached hydrogens (tertiary/aromatic N) is 1. The van der Waals surface area contributed by atoms with Crippen molar-refractivity contribution in [2.45, 2.75) is 12.8 Å². The van der Waals surface area contributed by atoms with E-state index in [1.807, 2.05) is 0 Å². The molecule has 0 aliphatic heterocycles. The summed E-state index contributed by atoms with van der Waals surface area (Å²) < 4.78 is 0. The molecule has 1 aliphatic carbocycles. The Hall–Kier alpha value is -0.730. The van der Waals surface area contributed by atoms with Gasteiger partial charge in [0, 0.05) is 5.41 Å². The van der Waals surface area contributed by atoms with Crippen molar-refractivity contribution >= 4 is 6.29 Å². The predicted molar refractivity (Wildman–Crippen MR) is 28.4 cm³/mol. The van der Waals surface area contributed by atoms with Crippen molar-refractivity contribution in [1.82, 2.24) is 0 Å². The van der Waals surface area contributed by atoms with Crippen LogP contribution in [0, 0.1) is 10.3 Å². The molecule has 0 bridgehead atoms. The van der Waals surface area contributed by atoms with Crippen molar-refractivity contribution in [1.29, 1.82) is 0 Å². The van der Waals surface area contributed by atoms with E-state index in [4.69, 9.17) is 0 Å². The fraction of sp³-hybridized carbons (Fsp3) is 0.800. The van der Waals surface area contributed by atoms with Crippen LogP contribution in [0.1, 0.15) is 12.8 Å². The molecule has 1 saturated carbocycles. The van der Waals surface area contributed by atoms with Crippen LogP contribution in [0.15, 0.2) is 5.18 Å². The standard InChI is InChI=1S/C5H7NO2/c7-4-5(1-2-5)3-6-8/h4H,1-3H2. The number of carbonyl (C=O) groups excluding carboxylic acids is 1. The van der Waals surface area contributed by atoms with Gasteiger partial charge in [-0.1, -0.05) is 5.18 Å². The van der Waals surface area contributed by atoms with Crippen LogP contribution in [-0.4, -0.2) is 12.8 Å². The fourth-order valence-corrected chi connectivity index (χ4v) is 0.602. The largest absolute Gasteiger partial charge is 0.303 e. The maximum absolute atomic E-state index is 10.1. The highest BCUT2D eigenvalue weighted by Crippen LogP contribution is 2.43. The van der Waals surface area contributed by atoms with Crippen molar-refractivity contribution in [3.8, 4) is 0 Å². The molecule has 3 nitrogen and oxygen atoms in total. The van der Waals surface area contributed by atoms with Gasteiger partial charge in [-0.2, -0.15) is 4.91 Å². The summed E-state index contributed by atoms with van der Waals surface area (Å²) in [5.41, 5.74) is -0.318. The minimum Gasteiger partial charge on any atom is -0.303 e. The Kier molecular flexibility index (Phi) is 1.12. The molecule has 3 heteroatoms. The second-order valence-corrected chi connectivity index (χ2v) is 2.27. The van der Waals surface area contributed by atoms with Crippen LogP contribution in [0.4, 0.5) is 0 Å². The first-order valence-electron chi connectivity index (χ1n) is 2.58. The number of hydrogen-bond acceptors (Lipinski definition) is 3. The van der Waals surface area contributed by atoms with Crippen LogP contribution in [-0.2, 0) is 4.79 Å². The minimum atomic E-state index is -0.318. The van der Waals surface area contributed by atoms with Gasteiger partial charge in [-0.3, -0.25) is 0 Å². The molecule has 0 aromatic heterocycles. The van der Waals surface area contributed by atoms with Crippen molar-refractivity contribution in [2.24, 2.45) is 10.6 Å². The van der Waals surface area contributed by atoms with Gasteiger partial charge >= 0.3 is 0 Å². The third-order valence-electron chi connectivity index (χ3n) is 1.52. The monoisotopic (exact) mass is 113 g/mol. The van der Waals surface area contributed by atoms with Gasteiger partial charge in [-0.25, -0.2) is 0 Å². The molecule has 8 heavy (non-hydrogen) atoms. The van der Waals surface area contributed by atoms with Crippen molar-refractivity contribution in [3.63, 3.8) is 0 Å². The molecule has 0 unspecified atom stereocenters. The Labute approximate surface area is 47.0 Å². The van der Waals surface area contributed by atoms with Crippen LogP contribution >= 0.6 is 0 Å². The van der Waals surface area contributed by atoms with E-state index in [9.17, 15) is 9.70 Å². The number of aldehydes is 1. The van der Waals surface area contributed by atoms with Crippen molar-refractivity contribution in [3.05, 3.63) is 4.91 Å². The molecule has 0 spiro atoms. The molecule has 1 rings (SSSR count). The summed E-state index contributed by atoms with van der Waals surface area (Å²) in [6, 6.07) is 0. The minimum absolute atomic E-state index is 0.177. The molecule has 1 fully saturated rings. The zero-order valence-corrected chi connectivity index (χ0v) is 4.46. The number of hydrogen-bond donors (Lipinski definition) is 0. The lowest BCUT2D eigenvalue weighted by Crippen LogP contribution is -2.04. The Bertz CT molecular complexity index is 118. The van der Waals surface area contributed by atoms with E-state index < -0.39 is 0 Å². The summed E-state index contributed by atoms with van der Waals surface area (Å²) >= 11 is 0. The summed E-state index contributed by atoms with van der Waals surface area (Å²) in [6.07, 6.45) is 2.54. The molecule has 0 saturated heterocycles. The third kappa shape index (κ3) is 0.757. The summed E-state index contributed by atoms with van der Waals surface area (Å²) in [5, 5.41) is 2.66. The predicted octanol–water partition coefficient (Wildman–Crippen LogP) is 0.732. The highest BCUT2D eigenvalue weighted by Gasteiger charge is 2.42. The SMILES string of the molecule is O=CC1(CN=O)CC1. The second kappa shape index (κ2) is 1.65. The zero-order valence-electron chi connectivity index (χ0n) is 4.46. The Morgan fingerprint density at radius 2 is 2.25 bits per heavy atom. The van der Waals surface area contributed by atoms with Crippen LogP contribution < -0.4 is 0 Å². The summed E-state index contributed by atoms with van der Waals surface area (Å²) in [5.74, 6) is 0. The molecule has 44 valence electrons. The Morgan fingerprint density at radius 1 is 1.62 bits per heavy atom. The van der Waals surface area contributed by atoms with Gasteiger partial charge in [0.2, 0.25) is 0 Å². The maximum Gasteiger partial charge on any atom is 0.128 e. The molecule has 1 aliphatic rings. The van der Waals surface area contributed by atoms with E-state index in [0.29, 0.717) is 0 Å². The molecule has 0 aromatic rings. The van der Waals surface area contributed by atoms with Gasteiger partial charge in [-0.05, 0) is 12.8 Å². The number of rotatable bonds is 3. The lowest BCUT2D eigenvalue weighted by molar-refractivity contribution is -0.111. The van der Waals surface area contributed by atoms with Gasteiger partial charge < -0.3 is 4.79 Å². The lowest BCUT2D eigenvalue weighted by atomic mass is 10.1. The Balaban J connectivity index is 2.40. The molecular formula is C5H7NO2. The zero-order chi connectivity index (χ0) is 6.04. The Morgan fingerprint density at radius 3 is 2.38 bits per heavy atom. The molecule has 0 aromatic carbocycles. The molecule has 0 radical (unpaired) electrons. The van der Waals surface area contributed by atoms with Crippen molar-refractivity contribution in [2.75, 3.05) is 6.54 Å². The van der Waals surface area contributed by atoms with E-state index in [1.165, 1.54) is 0 Å². The molecule has 0 heterocycles. The quantitative estimate of drug-likeness (QED) is 0.400. The first-order valence-corrected chi connectivity index (χ1v) is 2.58. The van der Waals surface area contributed by atoms with Crippen LogP contribution in [0.3, 0.4) is 0 Å². The first kappa shape index (κ1) is 5.41. The topological polar surface area (TPSA) is 46.5 Å². The van der Waals surface area contributed by atoms with Crippen molar-refractivity contribution < 1.29 is 4.79 Å². The lowest BCUT2D eigenvalue weighted by Gasteiger charge is -1.93. The van der Waals surface area contributed by atoms with Gasteiger partial charge in [0.05, 0.1) is 6.54 Å². The first-order chi connectivity index (χ1) is 3.83. The second-order valence-electron chi connectivity index (χ2n) is 2.27. The molecule has 0 atom stereocenters. The van der Waals surface area contributed by atoms with Crippen LogP contribution in [0.2, 0.25) is 0 Å². The van der Waals surface area contributed by atoms with E-state index >= 15 is 0 Å². The molecule has 0 N–H and O–H groups in total. The highest BCUT2D eigenvalue weighted by atomic mass is 16.3.